The summed E-state index contributed by atoms with van der Waals surface area (Å²) in [5.74, 6) is 0. The van der Waals surface area contributed by atoms with E-state index in [1.165, 1.54) is 12.7 Å². The van der Waals surface area contributed by atoms with Crippen LogP contribution in [0.25, 0.3) is 11.1 Å². The van der Waals surface area contributed by atoms with Gasteiger partial charge in [-0.15, -0.1) is 0 Å². The lowest BCUT2D eigenvalue weighted by molar-refractivity contribution is 0.420. The summed E-state index contributed by atoms with van der Waals surface area (Å²) in [4.78, 5) is 3.95. The molecule has 0 saturated heterocycles. The summed E-state index contributed by atoms with van der Waals surface area (Å²) in [6, 6.07) is 9.39. The third-order valence-electron chi connectivity index (χ3n) is 1.58. The predicted molar refractivity (Wildman–Crippen MR) is 50.5 cm³/mol. The van der Waals surface area contributed by atoms with Crippen LogP contribution in [0.4, 0.5) is 0 Å². The number of nitrogens with zero attached hydrogens (tertiary/aromatic N) is 2. The van der Waals surface area contributed by atoms with Crippen molar-refractivity contribution in [2.45, 2.75) is 0 Å². The average molecular weight is 188 g/mol. The fourth-order valence-corrected chi connectivity index (χ4v) is 0.979. The van der Waals surface area contributed by atoms with Gasteiger partial charge in [-0.3, -0.25) is 0 Å². The molecule has 0 unspecified atom stereocenters. The van der Waals surface area contributed by atoms with Crippen molar-refractivity contribution >= 4 is 11.1 Å². The van der Waals surface area contributed by atoms with Crippen LogP contribution in [0.5, 0.6) is 0 Å². The minimum Gasteiger partial charge on any atom is -0.443 e. The topological polar surface area (TPSA) is 52.1 Å². The molecule has 3 aromatic rings. The highest BCUT2D eigenvalue weighted by Crippen LogP contribution is 2.09. The lowest BCUT2D eigenvalue weighted by Gasteiger charge is -1.79. The van der Waals surface area contributed by atoms with Crippen molar-refractivity contribution in [3.8, 4) is 0 Å². The van der Waals surface area contributed by atoms with Gasteiger partial charge in [0, 0.05) is 0 Å². The van der Waals surface area contributed by atoms with Crippen molar-refractivity contribution in [2.75, 3.05) is 0 Å². The quantitative estimate of drug-likeness (QED) is 0.543. The van der Waals surface area contributed by atoms with Gasteiger partial charge in [0.15, 0.2) is 12.0 Å². The van der Waals surface area contributed by atoms with Crippen molar-refractivity contribution in [1.29, 1.82) is 0 Å². The fourth-order valence-electron chi connectivity index (χ4n) is 0.979. The van der Waals surface area contributed by atoms with Gasteiger partial charge in [-0.2, -0.15) is 0 Å². The first-order valence-electron chi connectivity index (χ1n) is 4.09. The van der Waals surface area contributed by atoms with Gasteiger partial charge in [0.2, 0.25) is 0 Å². The van der Waals surface area contributed by atoms with Crippen LogP contribution in [0.1, 0.15) is 0 Å². The number of benzene rings is 1. The van der Waals surface area contributed by atoms with Gasteiger partial charge in [-0.1, -0.05) is 17.3 Å². The molecule has 0 radical (unpaired) electrons. The summed E-state index contributed by atoms with van der Waals surface area (Å²) in [5, 5.41) is 3.35. The molecule has 0 atom stereocenters. The van der Waals surface area contributed by atoms with E-state index in [0.29, 0.717) is 0 Å². The van der Waals surface area contributed by atoms with E-state index in [9.17, 15) is 0 Å². The molecule has 3 rings (SSSR count). The van der Waals surface area contributed by atoms with Crippen LogP contribution in [-0.4, -0.2) is 10.1 Å². The second-order valence-corrected chi connectivity index (χ2v) is 2.51. The third-order valence-corrected chi connectivity index (χ3v) is 1.58. The maximum absolute atomic E-state index is 5.01. The summed E-state index contributed by atoms with van der Waals surface area (Å²) >= 11 is 0. The van der Waals surface area contributed by atoms with Crippen LogP contribution in [0.2, 0.25) is 0 Å². The Morgan fingerprint density at radius 2 is 2.00 bits per heavy atom. The van der Waals surface area contributed by atoms with Crippen molar-refractivity contribution in [1.82, 2.24) is 10.1 Å². The number of aromatic nitrogens is 2. The second kappa shape index (κ2) is 4.23. The molecule has 0 aliphatic heterocycles. The molecule has 1 aromatic carbocycles. The van der Waals surface area contributed by atoms with Crippen LogP contribution in [0, 0.1) is 0 Å². The second-order valence-electron chi connectivity index (χ2n) is 2.51. The lowest BCUT2D eigenvalue weighted by Crippen LogP contribution is -1.61. The fraction of sp³-hybridized carbons (Fsp3) is 0. The highest BCUT2D eigenvalue weighted by molar-refractivity contribution is 5.71. The molecular weight excluding hydrogens is 180 g/mol. The Bertz CT molecular complexity index is 426. The Morgan fingerprint density at radius 3 is 2.64 bits per heavy atom. The van der Waals surface area contributed by atoms with E-state index in [0.717, 1.165) is 11.1 Å². The number of hydrogen-bond donors (Lipinski definition) is 0. The van der Waals surface area contributed by atoms with Crippen molar-refractivity contribution in [2.24, 2.45) is 0 Å². The molecule has 0 spiro atoms. The van der Waals surface area contributed by atoms with Gasteiger partial charge >= 0.3 is 0 Å². The van der Waals surface area contributed by atoms with Gasteiger partial charge in [0.1, 0.15) is 11.8 Å². The summed E-state index contributed by atoms with van der Waals surface area (Å²) in [6.45, 7) is 0. The molecule has 0 saturated carbocycles. The Labute approximate surface area is 80.2 Å². The summed E-state index contributed by atoms with van der Waals surface area (Å²) in [5.41, 5.74) is 1.76. The minimum absolute atomic E-state index is 0.845. The highest BCUT2D eigenvalue weighted by Gasteiger charge is 1.91. The van der Waals surface area contributed by atoms with Crippen LogP contribution in [-0.2, 0) is 0 Å². The minimum atomic E-state index is 0.845. The normalized spacial score (nSPS) is 9.43. The summed E-state index contributed by atoms with van der Waals surface area (Å²) in [7, 11) is 0. The molecule has 0 N–H and O–H groups in total. The Balaban J connectivity index is 0.000000128. The van der Waals surface area contributed by atoms with E-state index in [2.05, 4.69) is 14.7 Å². The molecule has 4 nitrogen and oxygen atoms in total. The van der Waals surface area contributed by atoms with Gasteiger partial charge < -0.3 is 8.94 Å². The first kappa shape index (κ1) is 8.50. The van der Waals surface area contributed by atoms with Crippen LogP contribution in [0.3, 0.4) is 0 Å². The summed E-state index contributed by atoms with van der Waals surface area (Å²) in [6.07, 6.45) is 4.55. The number of fused-ring (bicyclic) bond motifs is 1. The molecule has 14 heavy (non-hydrogen) atoms. The molecule has 70 valence electrons. The SMILES string of the molecule is c1ccc2ocnc2c1.c1cnoc1. The van der Waals surface area contributed by atoms with E-state index in [1.54, 1.807) is 12.3 Å². The largest absolute Gasteiger partial charge is 0.443 e. The van der Waals surface area contributed by atoms with E-state index < -0.39 is 0 Å². The predicted octanol–water partition coefficient (Wildman–Crippen LogP) is 2.50. The monoisotopic (exact) mass is 188 g/mol. The highest BCUT2D eigenvalue weighted by atomic mass is 16.5. The molecule has 0 bridgehead atoms. The van der Waals surface area contributed by atoms with E-state index in [4.69, 9.17) is 4.42 Å². The molecule has 2 heterocycles. The molecule has 0 fully saturated rings. The first-order valence-corrected chi connectivity index (χ1v) is 4.09. The van der Waals surface area contributed by atoms with Crippen molar-refractivity contribution in [3.63, 3.8) is 0 Å². The summed E-state index contributed by atoms with van der Waals surface area (Å²) < 4.78 is 9.34. The maximum Gasteiger partial charge on any atom is 0.181 e. The number of rotatable bonds is 0. The molecule has 0 amide bonds. The Kier molecular flexibility index (Phi) is 2.56. The molecule has 2 aromatic heterocycles. The number of hydrogen-bond acceptors (Lipinski definition) is 4. The molecule has 4 heteroatoms. The average Bonchev–Trinajstić information content (AvgIpc) is 2.92. The first-order chi connectivity index (χ1) is 6.97. The van der Waals surface area contributed by atoms with Crippen LogP contribution >= 0.6 is 0 Å². The van der Waals surface area contributed by atoms with E-state index in [-0.39, 0.29) is 0 Å². The number of para-hydroxylation sites is 2. The van der Waals surface area contributed by atoms with E-state index in [1.807, 2.05) is 24.3 Å². The Hall–Kier alpha value is -2.10. The zero-order valence-corrected chi connectivity index (χ0v) is 7.33. The van der Waals surface area contributed by atoms with Crippen LogP contribution < -0.4 is 0 Å². The van der Waals surface area contributed by atoms with E-state index >= 15 is 0 Å². The maximum atomic E-state index is 5.01. The van der Waals surface area contributed by atoms with Gasteiger partial charge in [-0.05, 0) is 18.2 Å². The van der Waals surface area contributed by atoms with Gasteiger partial charge in [0.25, 0.3) is 0 Å². The van der Waals surface area contributed by atoms with Gasteiger partial charge in [-0.25, -0.2) is 4.98 Å². The number of oxazole rings is 1. The Morgan fingerprint density at radius 1 is 1.07 bits per heavy atom. The van der Waals surface area contributed by atoms with Crippen molar-refractivity contribution in [3.05, 3.63) is 49.2 Å². The molecule has 0 aliphatic rings. The standard InChI is InChI=1S/C7H5NO.C3H3NO/c1-2-4-7-6(3-1)8-5-9-7;1-2-4-5-3-1/h1-5H;1-3H. The molecular formula is C10H8N2O2. The van der Waals surface area contributed by atoms with Crippen LogP contribution in [0.15, 0.2) is 58.1 Å². The zero-order valence-electron chi connectivity index (χ0n) is 7.33. The zero-order chi connectivity index (χ0) is 9.64. The lowest BCUT2D eigenvalue weighted by atomic mass is 10.3. The smallest absolute Gasteiger partial charge is 0.181 e. The van der Waals surface area contributed by atoms with Gasteiger partial charge in [0.05, 0.1) is 6.20 Å². The molecule has 0 aliphatic carbocycles. The van der Waals surface area contributed by atoms with Crippen molar-refractivity contribution < 1.29 is 8.94 Å². The third kappa shape index (κ3) is 1.98.